The molecule has 0 atom stereocenters. The van der Waals surface area contributed by atoms with Crippen LogP contribution in [0.3, 0.4) is 0 Å². The van der Waals surface area contributed by atoms with Crippen LogP contribution in [0.1, 0.15) is 11.1 Å². The van der Waals surface area contributed by atoms with Crippen LogP contribution in [0.2, 0.25) is 0 Å². The average Bonchev–Trinajstić information content (AvgIpc) is 2.92. The number of hydrogen-bond donors (Lipinski definition) is 1. The van der Waals surface area contributed by atoms with Crippen molar-refractivity contribution in [1.82, 2.24) is 9.62 Å². The molecule has 0 saturated heterocycles. The maximum Gasteiger partial charge on any atom is 0.244 e. The second-order valence-electron chi connectivity index (χ2n) is 5.08. The van der Waals surface area contributed by atoms with Gasteiger partial charge in [-0.05, 0) is 26.1 Å². The zero-order valence-electron chi connectivity index (χ0n) is 12.2. The Labute approximate surface area is 123 Å². The lowest BCUT2D eigenvalue weighted by Gasteiger charge is -2.28. The minimum absolute atomic E-state index is 0.00331. The summed E-state index contributed by atoms with van der Waals surface area (Å²) in [5.74, 6) is 1.20. The monoisotopic (exact) mass is 314 g/mol. The molecule has 116 valence electrons. The molecule has 0 saturated carbocycles. The molecule has 0 aliphatic carbocycles. The van der Waals surface area contributed by atoms with Crippen molar-refractivity contribution in [2.75, 3.05) is 34.5 Å². The van der Waals surface area contributed by atoms with Crippen molar-refractivity contribution < 1.29 is 22.6 Å². The second-order valence-corrected chi connectivity index (χ2v) is 6.90. The molecular weight excluding hydrogens is 296 g/mol. The van der Waals surface area contributed by atoms with Gasteiger partial charge in [0, 0.05) is 18.7 Å². The van der Waals surface area contributed by atoms with Gasteiger partial charge >= 0.3 is 0 Å². The fraction of sp³-hybridized carbons (Fsp3) is 0.538. The minimum atomic E-state index is -3.64. The first-order valence-corrected chi connectivity index (χ1v) is 8.11. The molecule has 8 heteroatoms. The third-order valence-corrected chi connectivity index (χ3v) is 5.36. The fourth-order valence-electron chi connectivity index (χ4n) is 2.85. The molecule has 0 unspecified atom stereocenters. The first-order valence-electron chi connectivity index (χ1n) is 6.63. The Morgan fingerprint density at radius 2 is 1.95 bits per heavy atom. The number of ether oxygens (including phenoxy) is 3. The topological polar surface area (TPSA) is 77.1 Å². The summed E-state index contributed by atoms with van der Waals surface area (Å²) in [4.78, 5) is 2.30. The van der Waals surface area contributed by atoms with E-state index < -0.39 is 10.0 Å². The van der Waals surface area contributed by atoms with E-state index in [0.29, 0.717) is 24.5 Å². The summed E-state index contributed by atoms with van der Waals surface area (Å²) in [6, 6.07) is 0. The number of sulfonamides is 1. The standard InChI is InChI=1S/C13H18N2O5S/c1-14-21(16,17)13-8-4-5-15(2)6-9(8)10(18-3)11-12(13)20-7-19-11/h14H,4-7H2,1-3H3. The Balaban J connectivity index is 2.35. The molecule has 2 aliphatic heterocycles. The lowest BCUT2D eigenvalue weighted by molar-refractivity contribution is 0.169. The van der Waals surface area contributed by atoms with Crippen molar-refractivity contribution in [3.63, 3.8) is 0 Å². The molecule has 0 amide bonds. The van der Waals surface area contributed by atoms with Crippen molar-refractivity contribution in [2.24, 2.45) is 0 Å². The number of benzene rings is 1. The van der Waals surface area contributed by atoms with Crippen molar-refractivity contribution >= 4 is 10.0 Å². The average molecular weight is 314 g/mol. The summed E-state index contributed by atoms with van der Waals surface area (Å²) in [5.41, 5.74) is 1.60. The molecule has 2 aliphatic rings. The van der Waals surface area contributed by atoms with Gasteiger partial charge in [-0.25, -0.2) is 13.1 Å². The molecule has 7 nitrogen and oxygen atoms in total. The number of methoxy groups -OCH3 is 1. The van der Waals surface area contributed by atoms with E-state index in [9.17, 15) is 8.42 Å². The third kappa shape index (κ3) is 2.14. The zero-order valence-corrected chi connectivity index (χ0v) is 13.0. The third-order valence-electron chi connectivity index (χ3n) is 3.85. The SMILES string of the molecule is CNS(=O)(=O)c1c2c(c(OC)c3c1OCO3)CN(C)CC2. The highest BCUT2D eigenvalue weighted by Crippen LogP contribution is 2.51. The predicted octanol–water partition coefficient (Wildman–Crippen LogP) is 0.320. The lowest BCUT2D eigenvalue weighted by atomic mass is 9.97. The van der Waals surface area contributed by atoms with Gasteiger partial charge in [-0.3, -0.25) is 0 Å². The number of fused-ring (bicyclic) bond motifs is 2. The number of nitrogens with zero attached hydrogens (tertiary/aromatic N) is 1. The van der Waals surface area contributed by atoms with Gasteiger partial charge in [0.05, 0.1) is 7.11 Å². The van der Waals surface area contributed by atoms with E-state index in [4.69, 9.17) is 14.2 Å². The first-order chi connectivity index (χ1) is 9.99. The molecular formula is C13H18N2O5S. The van der Waals surface area contributed by atoms with Crippen LogP contribution >= 0.6 is 0 Å². The van der Waals surface area contributed by atoms with Crippen molar-refractivity contribution in [3.8, 4) is 17.2 Å². The van der Waals surface area contributed by atoms with E-state index in [-0.39, 0.29) is 17.4 Å². The van der Waals surface area contributed by atoms with Crippen LogP contribution in [-0.4, -0.2) is 47.9 Å². The summed E-state index contributed by atoms with van der Waals surface area (Å²) in [5, 5.41) is 0. The molecule has 21 heavy (non-hydrogen) atoms. The Bertz CT molecular complexity index is 687. The summed E-state index contributed by atoms with van der Waals surface area (Å²) < 4.78 is 43.5. The summed E-state index contributed by atoms with van der Waals surface area (Å²) in [7, 11) is 1.29. The highest BCUT2D eigenvalue weighted by molar-refractivity contribution is 7.89. The van der Waals surface area contributed by atoms with Gasteiger partial charge in [0.15, 0.2) is 11.5 Å². The van der Waals surface area contributed by atoms with E-state index in [1.54, 1.807) is 7.11 Å². The summed E-state index contributed by atoms with van der Waals surface area (Å²) in [6.45, 7) is 1.39. The quantitative estimate of drug-likeness (QED) is 0.866. The number of nitrogens with one attached hydrogen (secondary N) is 1. The molecule has 0 aromatic heterocycles. The van der Waals surface area contributed by atoms with Crippen LogP contribution in [0.4, 0.5) is 0 Å². The van der Waals surface area contributed by atoms with E-state index in [1.807, 2.05) is 7.05 Å². The molecule has 0 spiro atoms. The molecule has 2 heterocycles. The van der Waals surface area contributed by atoms with Crippen molar-refractivity contribution in [1.29, 1.82) is 0 Å². The molecule has 0 fully saturated rings. The molecule has 0 bridgehead atoms. The van der Waals surface area contributed by atoms with Crippen molar-refractivity contribution in [3.05, 3.63) is 11.1 Å². The van der Waals surface area contributed by atoms with Crippen LogP contribution in [0.15, 0.2) is 4.90 Å². The van der Waals surface area contributed by atoms with Crippen molar-refractivity contribution in [2.45, 2.75) is 17.9 Å². The van der Waals surface area contributed by atoms with Crippen LogP contribution < -0.4 is 18.9 Å². The van der Waals surface area contributed by atoms with Gasteiger partial charge in [-0.2, -0.15) is 0 Å². The fourth-order valence-corrected chi connectivity index (χ4v) is 4.00. The van der Waals surface area contributed by atoms with Gasteiger partial charge < -0.3 is 19.1 Å². The van der Waals surface area contributed by atoms with Gasteiger partial charge in [-0.1, -0.05) is 0 Å². The van der Waals surface area contributed by atoms with Gasteiger partial charge in [0.1, 0.15) is 4.90 Å². The lowest BCUT2D eigenvalue weighted by Crippen LogP contribution is -2.30. The minimum Gasteiger partial charge on any atom is -0.492 e. The maximum absolute atomic E-state index is 12.4. The number of likely N-dealkylation sites (N-methyl/N-ethyl adjacent to an activating group) is 1. The van der Waals surface area contributed by atoms with Crippen LogP contribution in [0.25, 0.3) is 0 Å². The molecule has 1 aromatic carbocycles. The van der Waals surface area contributed by atoms with E-state index in [2.05, 4.69) is 9.62 Å². The second kappa shape index (κ2) is 5.04. The Hall–Kier alpha value is -1.51. The molecule has 1 aromatic rings. The number of rotatable bonds is 3. The smallest absolute Gasteiger partial charge is 0.244 e. The molecule has 0 radical (unpaired) electrons. The van der Waals surface area contributed by atoms with E-state index in [1.165, 1.54) is 7.05 Å². The number of hydrogen-bond acceptors (Lipinski definition) is 6. The van der Waals surface area contributed by atoms with Crippen LogP contribution in [0, 0.1) is 0 Å². The normalized spacial score (nSPS) is 17.7. The Morgan fingerprint density at radius 1 is 1.24 bits per heavy atom. The predicted molar refractivity (Wildman–Crippen MR) is 75.4 cm³/mol. The largest absolute Gasteiger partial charge is 0.492 e. The Morgan fingerprint density at radius 3 is 2.62 bits per heavy atom. The first kappa shape index (κ1) is 14.4. The highest BCUT2D eigenvalue weighted by Gasteiger charge is 2.37. The van der Waals surface area contributed by atoms with Crippen LogP contribution in [-0.2, 0) is 23.0 Å². The molecule has 1 N–H and O–H groups in total. The van der Waals surface area contributed by atoms with Gasteiger partial charge in [-0.15, -0.1) is 0 Å². The van der Waals surface area contributed by atoms with Crippen LogP contribution in [0.5, 0.6) is 17.2 Å². The highest BCUT2D eigenvalue weighted by atomic mass is 32.2. The van der Waals surface area contributed by atoms with Gasteiger partial charge in [0.2, 0.25) is 22.6 Å². The summed E-state index contributed by atoms with van der Waals surface area (Å²) >= 11 is 0. The molecule has 3 rings (SSSR count). The van der Waals surface area contributed by atoms with E-state index in [0.717, 1.165) is 17.7 Å². The summed E-state index contributed by atoms with van der Waals surface area (Å²) in [6.07, 6.45) is 0.620. The Kier molecular flexibility index (Phi) is 3.46. The maximum atomic E-state index is 12.4. The van der Waals surface area contributed by atoms with Gasteiger partial charge in [0.25, 0.3) is 0 Å². The van der Waals surface area contributed by atoms with E-state index >= 15 is 0 Å². The zero-order chi connectivity index (χ0) is 15.2.